The predicted octanol–water partition coefficient (Wildman–Crippen LogP) is 3.20. The lowest BCUT2D eigenvalue weighted by Gasteiger charge is -2.40. The molecule has 0 aromatic heterocycles. The van der Waals surface area contributed by atoms with E-state index < -0.39 is 5.54 Å². The highest BCUT2D eigenvalue weighted by Gasteiger charge is 2.56. The van der Waals surface area contributed by atoms with Gasteiger partial charge < -0.3 is 9.80 Å². The van der Waals surface area contributed by atoms with Crippen LogP contribution in [0, 0.1) is 0 Å². The minimum absolute atomic E-state index is 0.0105. The summed E-state index contributed by atoms with van der Waals surface area (Å²) in [6.45, 7) is 3.14. The quantitative estimate of drug-likeness (QED) is 0.711. The van der Waals surface area contributed by atoms with Crippen molar-refractivity contribution in [1.29, 1.82) is 0 Å². The molecule has 0 saturated carbocycles. The molecule has 2 aromatic rings. The van der Waals surface area contributed by atoms with Gasteiger partial charge in [-0.05, 0) is 36.8 Å². The molecule has 2 aliphatic heterocycles. The molecule has 5 nitrogen and oxygen atoms in total. The lowest BCUT2D eigenvalue weighted by atomic mass is 9.86. The van der Waals surface area contributed by atoms with E-state index in [0.717, 1.165) is 31.6 Å². The number of rotatable bonds is 6. The molecular weight excluding hydrogens is 362 g/mol. The molecule has 0 bridgehead atoms. The molecule has 2 fully saturated rings. The van der Waals surface area contributed by atoms with Crippen molar-refractivity contribution in [3.8, 4) is 0 Å². The van der Waals surface area contributed by atoms with Gasteiger partial charge in [0.15, 0.2) is 0 Å². The fraction of sp³-hybridized carbons (Fsp3) is 0.417. The zero-order valence-corrected chi connectivity index (χ0v) is 17.1. The van der Waals surface area contributed by atoms with Crippen LogP contribution in [0.15, 0.2) is 60.7 Å². The van der Waals surface area contributed by atoms with Crippen LogP contribution in [0.4, 0.5) is 4.79 Å². The third-order valence-corrected chi connectivity index (χ3v) is 6.51. The number of carbonyl (C=O) groups is 2. The number of amides is 3. The number of likely N-dealkylation sites (N-methyl/N-ethyl adjacent to an activating group) is 1. The second-order valence-corrected chi connectivity index (χ2v) is 8.14. The van der Waals surface area contributed by atoms with Crippen molar-refractivity contribution >= 4 is 11.9 Å². The van der Waals surface area contributed by atoms with E-state index in [1.54, 1.807) is 11.9 Å². The number of imide groups is 1. The number of hydrogen-bond acceptors (Lipinski definition) is 3. The smallest absolute Gasteiger partial charge is 0.312 e. The molecule has 0 atom stereocenters. The summed E-state index contributed by atoms with van der Waals surface area (Å²) in [4.78, 5) is 31.7. The van der Waals surface area contributed by atoms with Gasteiger partial charge in [-0.2, -0.15) is 0 Å². The van der Waals surface area contributed by atoms with E-state index in [0.29, 0.717) is 25.8 Å². The molecule has 0 N–H and O–H groups in total. The first kappa shape index (κ1) is 19.6. The van der Waals surface area contributed by atoms with Crippen molar-refractivity contribution in [3.05, 3.63) is 71.8 Å². The molecule has 2 saturated heterocycles. The van der Waals surface area contributed by atoms with Crippen molar-refractivity contribution in [2.45, 2.75) is 31.2 Å². The molecule has 2 aromatic carbocycles. The summed E-state index contributed by atoms with van der Waals surface area (Å²) in [7, 11) is 1.79. The Morgan fingerprint density at radius 1 is 0.793 bits per heavy atom. The molecule has 152 valence electrons. The van der Waals surface area contributed by atoms with Crippen LogP contribution in [0.2, 0.25) is 0 Å². The summed E-state index contributed by atoms with van der Waals surface area (Å²) in [5.74, 6) is -0.0105. The van der Waals surface area contributed by atoms with Gasteiger partial charge >= 0.3 is 6.03 Å². The lowest BCUT2D eigenvalue weighted by Crippen LogP contribution is -2.55. The van der Waals surface area contributed by atoms with Gasteiger partial charge in [-0.1, -0.05) is 60.7 Å². The summed E-state index contributed by atoms with van der Waals surface area (Å²) in [6.07, 6.45) is 3.14. The highest BCUT2D eigenvalue weighted by atomic mass is 16.2. The molecule has 1 spiro atoms. The fourth-order valence-electron chi connectivity index (χ4n) is 4.56. The number of likely N-dealkylation sites (tertiary alicyclic amines) is 1. The van der Waals surface area contributed by atoms with Crippen LogP contribution in [0.25, 0.3) is 0 Å². The topological polar surface area (TPSA) is 43.9 Å². The van der Waals surface area contributed by atoms with E-state index in [1.807, 2.05) is 36.4 Å². The normalized spacial score (nSPS) is 19.3. The third kappa shape index (κ3) is 3.92. The van der Waals surface area contributed by atoms with Gasteiger partial charge in [0, 0.05) is 33.2 Å². The Hall–Kier alpha value is -2.66. The Kier molecular flexibility index (Phi) is 5.67. The molecule has 29 heavy (non-hydrogen) atoms. The van der Waals surface area contributed by atoms with E-state index in [1.165, 1.54) is 10.5 Å². The molecule has 2 heterocycles. The summed E-state index contributed by atoms with van der Waals surface area (Å²) in [5, 5.41) is 0. The fourth-order valence-corrected chi connectivity index (χ4v) is 4.56. The van der Waals surface area contributed by atoms with E-state index in [2.05, 4.69) is 29.2 Å². The first-order chi connectivity index (χ1) is 14.1. The van der Waals surface area contributed by atoms with E-state index in [4.69, 9.17) is 0 Å². The van der Waals surface area contributed by atoms with Gasteiger partial charge in [0.2, 0.25) is 0 Å². The monoisotopic (exact) mass is 391 g/mol. The van der Waals surface area contributed by atoms with Crippen LogP contribution in [0.3, 0.4) is 0 Å². The first-order valence-corrected chi connectivity index (χ1v) is 10.5. The molecule has 0 unspecified atom stereocenters. The lowest BCUT2D eigenvalue weighted by molar-refractivity contribution is -0.135. The van der Waals surface area contributed by atoms with Crippen LogP contribution in [0.1, 0.15) is 24.0 Å². The van der Waals surface area contributed by atoms with Gasteiger partial charge in [-0.3, -0.25) is 9.69 Å². The highest BCUT2D eigenvalue weighted by Crippen LogP contribution is 2.36. The Morgan fingerprint density at radius 3 is 1.86 bits per heavy atom. The van der Waals surface area contributed by atoms with Gasteiger partial charge in [0.05, 0.1) is 0 Å². The third-order valence-electron chi connectivity index (χ3n) is 6.51. The van der Waals surface area contributed by atoms with Crippen LogP contribution in [-0.4, -0.2) is 65.4 Å². The van der Waals surface area contributed by atoms with Crippen LogP contribution in [-0.2, 0) is 17.6 Å². The molecule has 2 aliphatic rings. The number of carbonyl (C=O) groups excluding carboxylic acids is 2. The van der Waals surface area contributed by atoms with E-state index in [9.17, 15) is 9.59 Å². The summed E-state index contributed by atoms with van der Waals surface area (Å²) in [6, 6.07) is 20.4. The van der Waals surface area contributed by atoms with Crippen molar-refractivity contribution in [3.63, 3.8) is 0 Å². The van der Waals surface area contributed by atoms with Gasteiger partial charge in [0.25, 0.3) is 5.91 Å². The number of benzene rings is 2. The van der Waals surface area contributed by atoms with Crippen molar-refractivity contribution in [1.82, 2.24) is 14.7 Å². The van der Waals surface area contributed by atoms with Crippen molar-refractivity contribution in [2.24, 2.45) is 0 Å². The number of nitrogens with zero attached hydrogens (tertiary/aromatic N) is 3. The second kappa shape index (κ2) is 8.37. The highest BCUT2D eigenvalue weighted by molar-refractivity contribution is 6.07. The average Bonchev–Trinajstić information content (AvgIpc) is 2.94. The van der Waals surface area contributed by atoms with Crippen molar-refractivity contribution < 1.29 is 9.59 Å². The predicted molar refractivity (Wildman–Crippen MR) is 114 cm³/mol. The average molecular weight is 392 g/mol. The van der Waals surface area contributed by atoms with Crippen LogP contribution < -0.4 is 0 Å². The van der Waals surface area contributed by atoms with E-state index in [-0.39, 0.29) is 11.9 Å². The summed E-state index contributed by atoms with van der Waals surface area (Å²) in [5.41, 5.74) is 1.83. The molecule has 3 amide bonds. The molecule has 5 heteroatoms. The maximum Gasteiger partial charge on any atom is 0.327 e. The minimum atomic E-state index is -0.656. The number of piperidine rings is 1. The zero-order chi connectivity index (χ0) is 20.3. The maximum absolute atomic E-state index is 13.3. The first-order valence-electron chi connectivity index (χ1n) is 10.5. The molecule has 0 aliphatic carbocycles. The number of urea groups is 1. The standard InChI is InChI=1S/C24H29N3O2/c1-25-23(29)27(17-13-21-10-6-3-7-11-21)22(28)24(25)14-18-26(19-15-24)16-12-20-8-4-2-5-9-20/h2-11H,12-19H2,1H3. The Balaban J connectivity index is 1.35. The van der Waals surface area contributed by atoms with E-state index >= 15 is 0 Å². The van der Waals surface area contributed by atoms with Crippen LogP contribution >= 0.6 is 0 Å². The summed E-state index contributed by atoms with van der Waals surface area (Å²) >= 11 is 0. The zero-order valence-electron chi connectivity index (χ0n) is 17.1. The minimum Gasteiger partial charge on any atom is -0.312 e. The van der Waals surface area contributed by atoms with Crippen molar-refractivity contribution in [2.75, 3.05) is 33.2 Å². The molecule has 4 rings (SSSR count). The summed E-state index contributed by atoms with van der Waals surface area (Å²) < 4.78 is 0. The van der Waals surface area contributed by atoms with Gasteiger partial charge in [0.1, 0.15) is 5.54 Å². The molecule has 0 radical (unpaired) electrons. The Morgan fingerprint density at radius 2 is 1.31 bits per heavy atom. The SMILES string of the molecule is CN1C(=O)N(CCc2ccccc2)C(=O)C12CCN(CCc1ccccc1)CC2. The van der Waals surface area contributed by atoms with Gasteiger partial charge in [-0.25, -0.2) is 4.79 Å². The molecular formula is C24H29N3O2. The number of hydrogen-bond donors (Lipinski definition) is 0. The Bertz CT molecular complexity index is 845. The largest absolute Gasteiger partial charge is 0.327 e. The second-order valence-electron chi connectivity index (χ2n) is 8.14. The van der Waals surface area contributed by atoms with Crippen LogP contribution in [0.5, 0.6) is 0 Å². The maximum atomic E-state index is 13.3. The Labute approximate surface area is 172 Å². The van der Waals surface area contributed by atoms with Gasteiger partial charge in [-0.15, -0.1) is 0 Å².